The topological polar surface area (TPSA) is 57.6 Å². The van der Waals surface area contributed by atoms with Crippen LogP contribution in [0.3, 0.4) is 0 Å². The van der Waals surface area contributed by atoms with Crippen LogP contribution in [-0.2, 0) is 4.79 Å². The molecule has 0 aromatic carbocycles. The number of carboxylic acid groups (broad SMARTS) is 1. The van der Waals surface area contributed by atoms with Gasteiger partial charge in [0.25, 0.3) is 0 Å². The second-order valence-corrected chi connectivity index (χ2v) is 10.3. The largest absolute Gasteiger partial charge is 0.465 e. The SMILES string of the molecule is CC([C@H]1CC[C@H]2[C@@H]3CCC4=CC(=O)CC[C@]4(C)[C@H]3CC[C@]12C)N(C)C(=O)O. The molecule has 1 N–H and O–H groups in total. The normalized spacial score (nSPS) is 44.6. The maximum atomic E-state index is 12.0. The highest BCUT2D eigenvalue weighted by Gasteiger charge is 2.59. The third kappa shape index (κ3) is 2.69. The molecule has 0 aromatic rings. The van der Waals surface area contributed by atoms with Crippen LogP contribution in [0.4, 0.5) is 4.79 Å². The molecule has 0 aromatic heterocycles. The van der Waals surface area contributed by atoms with Crippen molar-refractivity contribution in [3.05, 3.63) is 11.6 Å². The van der Waals surface area contributed by atoms with Crippen LogP contribution in [0, 0.1) is 34.5 Å². The number of carbonyl (C=O) groups is 2. The fraction of sp³-hybridized carbons (Fsp3) is 0.826. The van der Waals surface area contributed by atoms with Gasteiger partial charge in [-0.25, -0.2) is 4.79 Å². The molecule has 4 heteroatoms. The molecule has 0 heterocycles. The lowest BCUT2D eigenvalue weighted by molar-refractivity contribution is -0.117. The fourth-order valence-corrected chi connectivity index (χ4v) is 7.84. The molecule has 0 radical (unpaired) electrons. The monoisotopic (exact) mass is 373 g/mol. The van der Waals surface area contributed by atoms with E-state index in [0.717, 1.165) is 25.2 Å². The van der Waals surface area contributed by atoms with Gasteiger partial charge in [-0.1, -0.05) is 19.4 Å². The van der Waals surface area contributed by atoms with Crippen molar-refractivity contribution in [1.29, 1.82) is 0 Å². The molecule has 27 heavy (non-hydrogen) atoms. The van der Waals surface area contributed by atoms with Crippen LogP contribution < -0.4 is 0 Å². The Bertz CT molecular complexity index is 685. The lowest BCUT2D eigenvalue weighted by atomic mass is 9.46. The lowest BCUT2D eigenvalue weighted by Crippen LogP contribution is -2.52. The minimum absolute atomic E-state index is 0.0796. The van der Waals surface area contributed by atoms with Crippen molar-refractivity contribution in [1.82, 2.24) is 4.90 Å². The second-order valence-electron chi connectivity index (χ2n) is 10.3. The molecule has 3 saturated carbocycles. The number of hydrogen-bond donors (Lipinski definition) is 1. The Kier molecular flexibility index (Phi) is 4.47. The highest BCUT2D eigenvalue weighted by molar-refractivity contribution is 5.91. The average molecular weight is 374 g/mol. The third-order valence-electron chi connectivity index (χ3n) is 9.53. The molecule has 0 bridgehead atoms. The van der Waals surface area contributed by atoms with Gasteiger partial charge in [-0.2, -0.15) is 0 Å². The van der Waals surface area contributed by atoms with Crippen molar-refractivity contribution in [2.45, 2.75) is 78.2 Å². The first-order chi connectivity index (χ1) is 12.7. The summed E-state index contributed by atoms with van der Waals surface area (Å²) in [5, 5.41) is 9.46. The van der Waals surface area contributed by atoms with Gasteiger partial charge in [0.2, 0.25) is 0 Å². The van der Waals surface area contributed by atoms with E-state index in [2.05, 4.69) is 20.8 Å². The van der Waals surface area contributed by atoms with Gasteiger partial charge in [-0.05, 0) is 92.4 Å². The van der Waals surface area contributed by atoms with Crippen molar-refractivity contribution in [2.75, 3.05) is 7.05 Å². The summed E-state index contributed by atoms with van der Waals surface area (Å²) in [6.07, 6.45) is 10.1. The summed E-state index contributed by atoms with van der Waals surface area (Å²) in [5.74, 6) is 2.94. The first-order valence-electron chi connectivity index (χ1n) is 10.9. The molecule has 1 amide bonds. The van der Waals surface area contributed by atoms with Gasteiger partial charge in [0.15, 0.2) is 5.78 Å². The van der Waals surface area contributed by atoms with E-state index >= 15 is 0 Å². The molecule has 150 valence electrons. The summed E-state index contributed by atoms with van der Waals surface area (Å²) in [5.41, 5.74) is 1.91. The minimum atomic E-state index is -0.810. The summed E-state index contributed by atoms with van der Waals surface area (Å²) >= 11 is 0. The molecule has 0 spiro atoms. The van der Waals surface area contributed by atoms with Gasteiger partial charge in [0.05, 0.1) is 0 Å². The number of nitrogens with zero attached hydrogens (tertiary/aromatic N) is 1. The number of ketones is 1. The number of hydrogen-bond acceptors (Lipinski definition) is 2. The first-order valence-corrected chi connectivity index (χ1v) is 10.9. The molecule has 3 fully saturated rings. The molecule has 0 aliphatic heterocycles. The second kappa shape index (κ2) is 6.35. The highest BCUT2D eigenvalue weighted by atomic mass is 16.4. The summed E-state index contributed by atoms with van der Waals surface area (Å²) in [7, 11) is 1.73. The van der Waals surface area contributed by atoms with Gasteiger partial charge in [0.1, 0.15) is 0 Å². The van der Waals surface area contributed by atoms with E-state index in [1.165, 1.54) is 36.2 Å². The Morgan fingerprint density at radius 1 is 1.15 bits per heavy atom. The van der Waals surface area contributed by atoms with E-state index in [0.29, 0.717) is 30.0 Å². The van der Waals surface area contributed by atoms with E-state index in [1.807, 2.05) is 6.08 Å². The summed E-state index contributed by atoms with van der Waals surface area (Å²) in [6.45, 7) is 6.99. The molecular formula is C23H35NO3. The van der Waals surface area contributed by atoms with Gasteiger partial charge >= 0.3 is 6.09 Å². The van der Waals surface area contributed by atoms with Crippen molar-refractivity contribution in [3.8, 4) is 0 Å². The van der Waals surface area contributed by atoms with E-state index in [9.17, 15) is 14.7 Å². The molecular weight excluding hydrogens is 338 g/mol. The van der Waals surface area contributed by atoms with Crippen molar-refractivity contribution in [3.63, 3.8) is 0 Å². The molecule has 4 nitrogen and oxygen atoms in total. The molecule has 7 atom stereocenters. The molecule has 4 rings (SSSR count). The third-order valence-corrected chi connectivity index (χ3v) is 9.53. The lowest BCUT2D eigenvalue weighted by Gasteiger charge is -2.58. The fourth-order valence-electron chi connectivity index (χ4n) is 7.84. The zero-order chi connectivity index (χ0) is 19.6. The molecule has 1 unspecified atom stereocenters. The molecule has 0 saturated heterocycles. The zero-order valence-corrected chi connectivity index (χ0v) is 17.3. The number of allylic oxidation sites excluding steroid dienone is 1. The smallest absolute Gasteiger partial charge is 0.407 e. The summed E-state index contributed by atoms with van der Waals surface area (Å²) in [6, 6.07) is 0.0796. The Hall–Kier alpha value is -1.32. The van der Waals surface area contributed by atoms with Crippen LogP contribution in [0.25, 0.3) is 0 Å². The molecule has 4 aliphatic rings. The van der Waals surface area contributed by atoms with Crippen molar-refractivity contribution in [2.24, 2.45) is 34.5 Å². The number of amides is 1. The Labute approximate surface area is 163 Å². The predicted octanol–water partition coefficient (Wildman–Crippen LogP) is 5.13. The Balaban J connectivity index is 1.60. The number of fused-ring (bicyclic) bond motifs is 5. The minimum Gasteiger partial charge on any atom is -0.465 e. The van der Waals surface area contributed by atoms with E-state index in [4.69, 9.17) is 0 Å². The zero-order valence-electron chi connectivity index (χ0n) is 17.3. The van der Waals surface area contributed by atoms with Gasteiger partial charge in [0, 0.05) is 19.5 Å². The van der Waals surface area contributed by atoms with E-state index in [-0.39, 0.29) is 16.9 Å². The van der Waals surface area contributed by atoms with Crippen LogP contribution in [-0.4, -0.2) is 35.0 Å². The van der Waals surface area contributed by atoms with Crippen LogP contribution in [0.5, 0.6) is 0 Å². The van der Waals surface area contributed by atoms with Gasteiger partial charge in [-0.15, -0.1) is 0 Å². The van der Waals surface area contributed by atoms with Crippen molar-refractivity contribution < 1.29 is 14.7 Å². The van der Waals surface area contributed by atoms with Crippen LogP contribution in [0.15, 0.2) is 11.6 Å². The van der Waals surface area contributed by atoms with Crippen LogP contribution >= 0.6 is 0 Å². The van der Waals surface area contributed by atoms with Crippen LogP contribution in [0.2, 0.25) is 0 Å². The van der Waals surface area contributed by atoms with Crippen molar-refractivity contribution >= 4 is 11.9 Å². The van der Waals surface area contributed by atoms with Gasteiger partial charge < -0.3 is 10.0 Å². The maximum absolute atomic E-state index is 12.0. The maximum Gasteiger partial charge on any atom is 0.407 e. The highest BCUT2D eigenvalue weighted by Crippen LogP contribution is 2.67. The number of rotatable bonds is 2. The summed E-state index contributed by atoms with van der Waals surface area (Å²) in [4.78, 5) is 25.0. The quantitative estimate of drug-likeness (QED) is 0.730. The van der Waals surface area contributed by atoms with Gasteiger partial charge in [-0.3, -0.25) is 4.79 Å². The Morgan fingerprint density at radius 3 is 2.59 bits per heavy atom. The van der Waals surface area contributed by atoms with E-state index < -0.39 is 6.09 Å². The first kappa shape index (κ1) is 19.0. The Morgan fingerprint density at radius 2 is 1.89 bits per heavy atom. The van der Waals surface area contributed by atoms with Crippen LogP contribution in [0.1, 0.15) is 72.1 Å². The number of carbonyl (C=O) groups excluding carboxylic acids is 1. The molecule has 4 aliphatic carbocycles. The average Bonchev–Trinajstić information content (AvgIpc) is 2.98. The predicted molar refractivity (Wildman–Crippen MR) is 105 cm³/mol. The van der Waals surface area contributed by atoms with E-state index in [1.54, 1.807) is 7.05 Å². The standard InChI is InChI=1S/C23H35NO3/c1-14(24(4)21(26)27)18-7-8-19-17-6-5-15-13-16(25)9-11-22(15,2)20(17)10-12-23(18,19)3/h13-14,17-20H,5-12H2,1-4H3,(H,26,27)/t14?,17-,18+,19-,20-,22-,23+/m0/s1. The summed E-state index contributed by atoms with van der Waals surface area (Å²) < 4.78 is 0.